The van der Waals surface area contributed by atoms with Crippen molar-refractivity contribution in [2.45, 2.75) is 18.3 Å². The molecule has 2 aromatic rings. The van der Waals surface area contributed by atoms with Crippen molar-refractivity contribution in [1.82, 2.24) is 5.32 Å². The van der Waals surface area contributed by atoms with Gasteiger partial charge in [-0.1, -0.05) is 60.7 Å². The second-order valence-electron chi connectivity index (χ2n) is 5.16. The third-order valence-corrected chi connectivity index (χ3v) is 3.83. The number of rotatable bonds is 3. The summed E-state index contributed by atoms with van der Waals surface area (Å²) in [4.78, 5) is 24.1. The largest absolute Gasteiger partial charge is 0.296 e. The molecule has 1 saturated heterocycles. The van der Waals surface area contributed by atoms with Crippen LogP contribution in [0.15, 0.2) is 60.7 Å². The molecule has 3 rings (SSSR count). The van der Waals surface area contributed by atoms with Gasteiger partial charge in [-0.25, -0.2) is 0 Å². The summed E-state index contributed by atoms with van der Waals surface area (Å²) in [6.45, 7) is 0. The predicted octanol–water partition coefficient (Wildman–Crippen LogP) is 2.21. The van der Waals surface area contributed by atoms with Gasteiger partial charge in [0.15, 0.2) is 0 Å². The number of hydrogen-bond acceptors (Lipinski definition) is 2. The van der Waals surface area contributed by atoms with Crippen LogP contribution in [0, 0.1) is 0 Å². The van der Waals surface area contributed by atoms with E-state index in [2.05, 4.69) is 5.32 Å². The summed E-state index contributed by atoms with van der Waals surface area (Å²) in [7, 11) is 0. The molecule has 1 fully saturated rings. The smallest absolute Gasteiger partial charge is 0.238 e. The van der Waals surface area contributed by atoms with E-state index in [9.17, 15) is 9.59 Å². The molecule has 1 atom stereocenters. The summed E-state index contributed by atoms with van der Waals surface area (Å²) < 4.78 is 0. The van der Waals surface area contributed by atoms with Crippen LogP contribution in [0.5, 0.6) is 0 Å². The van der Waals surface area contributed by atoms with Gasteiger partial charge in [0.25, 0.3) is 0 Å². The van der Waals surface area contributed by atoms with Crippen molar-refractivity contribution in [3.63, 3.8) is 0 Å². The second-order valence-corrected chi connectivity index (χ2v) is 5.16. The number of amides is 2. The molecule has 3 heteroatoms. The molecule has 0 saturated carbocycles. The number of carbonyl (C=O) groups is 2. The molecule has 20 heavy (non-hydrogen) atoms. The molecule has 1 heterocycles. The van der Waals surface area contributed by atoms with Crippen molar-refractivity contribution in [3.8, 4) is 0 Å². The maximum atomic E-state index is 12.4. The molecule has 1 N–H and O–H groups in total. The summed E-state index contributed by atoms with van der Waals surface area (Å²) in [5, 5.41) is 2.45. The Balaban J connectivity index is 2.05. The second kappa shape index (κ2) is 4.93. The Morgan fingerprint density at radius 2 is 1.50 bits per heavy atom. The molecule has 3 nitrogen and oxygen atoms in total. The first kappa shape index (κ1) is 12.6. The average Bonchev–Trinajstić information content (AvgIpc) is 2.76. The predicted molar refractivity (Wildman–Crippen MR) is 76.0 cm³/mol. The van der Waals surface area contributed by atoms with Crippen LogP contribution in [0.3, 0.4) is 0 Å². The molecule has 0 radical (unpaired) electrons. The van der Waals surface area contributed by atoms with Gasteiger partial charge in [0.1, 0.15) is 0 Å². The highest BCUT2D eigenvalue weighted by Gasteiger charge is 2.47. The van der Waals surface area contributed by atoms with E-state index in [-0.39, 0.29) is 18.2 Å². The van der Waals surface area contributed by atoms with Gasteiger partial charge in [0.05, 0.1) is 5.41 Å². The van der Waals surface area contributed by atoms with Crippen molar-refractivity contribution >= 4 is 11.8 Å². The van der Waals surface area contributed by atoms with Crippen LogP contribution in [0.4, 0.5) is 0 Å². The van der Waals surface area contributed by atoms with Crippen LogP contribution < -0.4 is 5.32 Å². The van der Waals surface area contributed by atoms with Gasteiger partial charge >= 0.3 is 0 Å². The van der Waals surface area contributed by atoms with E-state index < -0.39 is 5.41 Å². The zero-order valence-corrected chi connectivity index (χ0v) is 11.0. The van der Waals surface area contributed by atoms with Gasteiger partial charge in [0, 0.05) is 6.42 Å². The van der Waals surface area contributed by atoms with Crippen LogP contribution in [-0.4, -0.2) is 11.8 Å². The van der Waals surface area contributed by atoms with E-state index in [4.69, 9.17) is 0 Å². The third kappa shape index (κ3) is 2.11. The Morgan fingerprint density at radius 3 is 2.05 bits per heavy atom. The van der Waals surface area contributed by atoms with Crippen LogP contribution in [-0.2, 0) is 21.4 Å². The van der Waals surface area contributed by atoms with Crippen molar-refractivity contribution in [1.29, 1.82) is 0 Å². The fraction of sp³-hybridized carbons (Fsp3) is 0.176. The number of carbonyl (C=O) groups excluding carboxylic acids is 2. The van der Waals surface area contributed by atoms with E-state index in [1.807, 2.05) is 60.7 Å². The van der Waals surface area contributed by atoms with E-state index in [0.717, 1.165) is 11.1 Å². The van der Waals surface area contributed by atoms with E-state index in [1.54, 1.807) is 0 Å². The number of benzene rings is 2. The molecule has 0 spiro atoms. The monoisotopic (exact) mass is 265 g/mol. The van der Waals surface area contributed by atoms with Gasteiger partial charge in [-0.05, 0) is 17.5 Å². The minimum atomic E-state index is -0.778. The topological polar surface area (TPSA) is 46.2 Å². The number of nitrogens with one attached hydrogen (secondary N) is 1. The lowest BCUT2D eigenvalue weighted by molar-refractivity contribution is -0.126. The molecule has 2 amide bonds. The quantitative estimate of drug-likeness (QED) is 0.865. The minimum absolute atomic E-state index is 0.197. The highest BCUT2D eigenvalue weighted by atomic mass is 16.2. The Bertz CT molecular complexity index is 637. The first-order chi connectivity index (χ1) is 9.71. The first-order valence-corrected chi connectivity index (χ1v) is 6.64. The molecule has 0 aliphatic carbocycles. The standard InChI is InChI=1S/C17H15NO2/c19-15-12-17(16(20)18-15,14-9-5-2-6-10-14)11-13-7-3-1-4-8-13/h1-10H,11-12H2,(H,18,19,20)/t17-/m1/s1. The van der Waals surface area contributed by atoms with Crippen molar-refractivity contribution in [3.05, 3.63) is 71.8 Å². The van der Waals surface area contributed by atoms with Gasteiger partial charge in [-0.3, -0.25) is 14.9 Å². The molecular formula is C17H15NO2. The van der Waals surface area contributed by atoms with Crippen molar-refractivity contribution in [2.75, 3.05) is 0 Å². The first-order valence-electron chi connectivity index (χ1n) is 6.64. The minimum Gasteiger partial charge on any atom is -0.296 e. The molecular weight excluding hydrogens is 250 g/mol. The molecule has 2 aromatic carbocycles. The highest BCUT2D eigenvalue weighted by molar-refractivity contribution is 6.09. The van der Waals surface area contributed by atoms with Gasteiger partial charge < -0.3 is 0 Å². The summed E-state index contributed by atoms with van der Waals surface area (Å²) in [5.41, 5.74) is 1.17. The van der Waals surface area contributed by atoms with Crippen LogP contribution in [0.25, 0.3) is 0 Å². The summed E-state index contributed by atoms with van der Waals surface area (Å²) >= 11 is 0. The fourth-order valence-electron chi connectivity index (χ4n) is 2.82. The van der Waals surface area contributed by atoms with Crippen LogP contribution >= 0.6 is 0 Å². The summed E-state index contributed by atoms with van der Waals surface area (Å²) in [5.74, 6) is -0.396. The molecule has 0 bridgehead atoms. The molecule has 1 aliphatic heterocycles. The lowest BCUT2D eigenvalue weighted by Gasteiger charge is -2.26. The van der Waals surface area contributed by atoms with Crippen molar-refractivity contribution in [2.24, 2.45) is 0 Å². The number of hydrogen-bond donors (Lipinski definition) is 1. The zero-order chi connectivity index (χ0) is 14.0. The van der Waals surface area contributed by atoms with Crippen LogP contribution in [0.1, 0.15) is 17.5 Å². The molecule has 1 aliphatic rings. The third-order valence-electron chi connectivity index (χ3n) is 3.83. The molecule has 100 valence electrons. The van der Waals surface area contributed by atoms with Gasteiger partial charge in [0.2, 0.25) is 11.8 Å². The van der Waals surface area contributed by atoms with E-state index in [1.165, 1.54) is 0 Å². The maximum absolute atomic E-state index is 12.4. The van der Waals surface area contributed by atoms with Gasteiger partial charge in [-0.2, -0.15) is 0 Å². The SMILES string of the molecule is O=C1C[C@](Cc2ccccc2)(c2ccccc2)C(=O)N1. The summed E-state index contributed by atoms with van der Waals surface area (Å²) in [6.07, 6.45) is 0.750. The average molecular weight is 265 g/mol. The normalized spacial score (nSPS) is 21.8. The van der Waals surface area contributed by atoms with Gasteiger partial charge in [-0.15, -0.1) is 0 Å². The molecule has 0 unspecified atom stereocenters. The van der Waals surface area contributed by atoms with E-state index in [0.29, 0.717) is 6.42 Å². The van der Waals surface area contributed by atoms with E-state index >= 15 is 0 Å². The Labute approximate surface area is 117 Å². The lowest BCUT2D eigenvalue weighted by atomic mass is 9.74. The number of imide groups is 1. The lowest BCUT2D eigenvalue weighted by Crippen LogP contribution is -2.37. The Hall–Kier alpha value is -2.42. The Morgan fingerprint density at radius 1 is 0.900 bits per heavy atom. The molecule has 0 aromatic heterocycles. The maximum Gasteiger partial charge on any atom is 0.238 e. The summed E-state index contributed by atoms with van der Waals surface area (Å²) in [6, 6.07) is 19.4. The van der Waals surface area contributed by atoms with Crippen LogP contribution in [0.2, 0.25) is 0 Å². The Kier molecular flexibility index (Phi) is 3.11. The van der Waals surface area contributed by atoms with Crippen molar-refractivity contribution < 1.29 is 9.59 Å². The highest BCUT2D eigenvalue weighted by Crippen LogP contribution is 2.35. The fourth-order valence-corrected chi connectivity index (χ4v) is 2.82. The zero-order valence-electron chi connectivity index (χ0n) is 11.0.